The van der Waals surface area contributed by atoms with Gasteiger partial charge in [-0.05, 0) is 5.37 Å². The number of hydrogen-bond acceptors (Lipinski definition) is 18. The molecule has 0 aromatic rings. The summed E-state index contributed by atoms with van der Waals surface area (Å²) >= 11 is 4.60. The molecule has 23 nitrogen and oxygen atoms in total. The van der Waals surface area contributed by atoms with E-state index < -0.39 is 90.7 Å². The third-order valence-corrected chi connectivity index (χ3v) is 11.7. The molecule has 27 heteroatoms. The van der Waals surface area contributed by atoms with Crippen LogP contribution >= 0.6 is 35.7 Å². The number of nitrogens with two attached hydrogens (primary N) is 1. The van der Waals surface area contributed by atoms with E-state index in [9.17, 15) is 48.2 Å². The number of nitrogens with zero attached hydrogens (tertiary/aromatic N) is 1. The zero-order chi connectivity index (χ0) is 35.7. The lowest BCUT2D eigenvalue weighted by Gasteiger charge is -2.33. The highest BCUT2D eigenvalue weighted by Crippen LogP contribution is 2.73. The molecule has 2 amide bonds. The molecule has 274 valence electrons. The molecule has 4 rings (SSSR count). The third kappa shape index (κ3) is 8.97. The van der Waals surface area contributed by atoms with Crippen LogP contribution in [-0.4, -0.2) is 123 Å². The highest BCUT2D eigenvalue weighted by Gasteiger charge is 2.65. The van der Waals surface area contributed by atoms with Crippen molar-refractivity contribution < 1.29 is 75.3 Å². The van der Waals surface area contributed by atoms with Crippen molar-refractivity contribution >= 4 is 52.9 Å². The highest BCUT2D eigenvalue weighted by atomic mass is 32.1. The lowest BCUT2D eigenvalue weighted by Crippen LogP contribution is -2.56. The molecule has 0 radical (unpaired) electrons. The molecule has 4 aliphatic rings. The summed E-state index contributed by atoms with van der Waals surface area (Å²) in [5.74, 6) is -1.09. The van der Waals surface area contributed by atoms with Gasteiger partial charge >= 0.3 is 23.5 Å². The van der Waals surface area contributed by atoms with E-state index in [0.29, 0.717) is 15.6 Å². The molecular formula is C21H39N7O16P3S+. The number of thiocarbonyl (C=S) groups is 1. The fourth-order valence-electron chi connectivity index (χ4n) is 4.87. The van der Waals surface area contributed by atoms with Crippen LogP contribution in [-0.2, 0) is 50.4 Å². The van der Waals surface area contributed by atoms with Crippen LogP contribution in [0, 0.1) is 5.41 Å². The first-order chi connectivity index (χ1) is 22.3. The van der Waals surface area contributed by atoms with Gasteiger partial charge in [-0.3, -0.25) is 34.1 Å². The van der Waals surface area contributed by atoms with Crippen LogP contribution in [0.5, 0.6) is 0 Å². The summed E-state index contributed by atoms with van der Waals surface area (Å²) < 4.78 is 64.8. The van der Waals surface area contributed by atoms with Crippen molar-refractivity contribution in [2.24, 2.45) is 11.1 Å². The Hall–Kier alpha value is -1.66. The van der Waals surface area contributed by atoms with E-state index in [-0.39, 0.29) is 32.8 Å². The van der Waals surface area contributed by atoms with Crippen LogP contribution in [0.15, 0.2) is 11.5 Å². The second-order valence-electron chi connectivity index (χ2n) is 11.4. The van der Waals surface area contributed by atoms with E-state index in [4.69, 9.17) is 24.0 Å². The normalized spacial score (nSPS) is 35.0. The Morgan fingerprint density at radius 2 is 2.02 bits per heavy atom. The summed E-state index contributed by atoms with van der Waals surface area (Å²) in [7, 11) is -17.2. The molecule has 0 saturated carbocycles. The molecule has 48 heavy (non-hydrogen) atoms. The summed E-state index contributed by atoms with van der Waals surface area (Å²) in [6, 6.07) is 0. The SMILES string of the molecule is CC(C)(COP(=O)(O)[O+]1OP(=O)(O)O[C@H]2[C@@H](O)[C@H](N3CNC4=C(N)NCN[C@H]43)O[C@@H]2COP1(=O)O)[C@@H](O)C(=O)NCCC(=O)NCC=S. The molecule has 4 heterocycles. The van der Waals surface area contributed by atoms with Crippen LogP contribution in [0.3, 0.4) is 0 Å². The molecule has 12 N–H and O–H groups in total. The van der Waals surface area contributed by atoms with E-state index >= 15 is 0 Å². The lowest BCUT2D eigenvalue weighted by atomic mass is 9.87. The van der Waals surface area contributed by atoms with Gasteiger partial charge in [-0.2, -0.15) is 9.13 Å². The number of carbonyl (C=O) groups is 2. The predicted molar refractivity (Wildman–Crippen MR) is 163 cm³/mol. The number of hydrogen-bond donors (Lipinski definition) is 11. The first kappa shape index (κ1) is 39.1. The minimum atomic E-state index is -5.82. The second kappa shape index (κ2) is 15.3. The van der Waals surface area contributed by atoms with Gasteiger partial charge in [-0.15, -0.1) is 0 Å². The fraction of sp³-hybridized carbons (Fsp3) is 0.762. The van der Waals surface area contributed by atoms with E-state index in [1.54, 1.807) is 4.90 Å². The second-order valence-corrected chi connectivity index (χ2v) is 16.4. The van der Waals surface area contributed by atoms with Crippen molar-refractivity contribution in [1.82, 2.24) is 31.5 Å². The van der Waals surface area contributed by atoms with Crippen molar-refractivity contribution in [3.63, 3.8) is 0 Å². The number of nitrogens with one attached hydrogen (secondary N) is 5. The molecule has 0 aliphatic carbocycles. The van der Waals surface area contributed by atoms with Crippen molar-refractivity contribution in [2.75, 3.05) is 39.6 Å². The van der Waals surface area contributed by atoms with Crippen LogP contribution in [0.2, 0.25) is 0 Å². The third-order valence-electron chi connectivity index (χ3n) is 7.39. The van der Waals surface area contributed by atoms with Crippen molar-refractivity contribution in [1.29, 1.82) is 0 Å². The maximum absolute atomic E-state index is 13.2. The summed E-state index contributed by atoms with van der Waals surface area (Å²) in [5, 5.41) is 36.6. The molecule has 0 aromatic carbocycles. The van der Waals surface area contributed by atoms with Crippen LogP contribution in [0.1, 0.15) is 20.3 Å². The van der Waals surface area contributed by atoms with Gasteiger partial charge in [-0.1, -0.05) is 30.2 Å². The molecule has 0 aromatic heterocycles. The maximum atomic E-state index is 13.2. The minimum absolute atomic E-state index is 0.0938. The Labute approximate surface area is 278 Å². The lowest BCUT2D eigenvalue weighted by molar-refractivity contribution is -0.245. The molecule has 3 fully saturated rings. The number of fused-ring (bicyclic) bond motifs is 2. The van der Waals surface area contributed by atoms with Gasteiger partial charge in [-0.25, -0.2) is 18.5 Å². The van der Waals surface area contributed by atoms with Crippen molar-refractivity contribution in [3.05, 3.63) is 11.5 Å². The quantitative estimate of drug-likeness (QED) is 0.0402. The summed E-state index contributed by atoms with van der Waals surface area (Å²) in [6.45, 7) is 0.838. The molecule has 4 aliphatic heterocycles. The number of ether oxygens (including phenoxy) is 1. The van der Waals surface area contributed by atoms with Gasteiger partial charge in [0.05, 0.1) is 32.2 Å². The number of rotatable bonds is 12. The van der Waals surface area contributed by atoms with Gasteiger partial charge in [0, 0.05) is 29.6 Å². The smallest absolute Gasteiger partial charge is 0.386 e. The predicted octanol–water partition coefficient (Wildman–Crippen LogP) is -3.23. The van der Waals surface area contributed by atoms with Gasteiger partial charge in [0.15, 0.2) is 0 Å². The Kier molecular flexibility index (Phi) is 12.5. The number of carbonyl (C=O) groups excluding carboxylic acids is 2. The molecule has 3 saturated heterocycles. The number of phosphoric acid groups is 1. The Morgan fingerprint density at radius 3 is 2.71 bits per heavy atom. The Morgan fingerprint density at radius 1 is 1.31 bits per heavy atom. The number of phosphoric ester groups is 1. The highest BCUT2D eigenvalue weighted by molar-refractivity contribution is 7.79. The Balaban J connectivity index is 1.41. The van der Waals surface area contributed by atoms with Crippen LogP contribution < -0.4 is 32.3 Å². The van der Waals surface area contributed by atoms with E-state index in [2.05, 4.69) is 43.5 Å². The van der Waals surface area contributed by atoms with E-state index in [1.807, 2.05) is 0 Å². The zero-order valence-corrected chi connectivity index (χ0v) is 29.0. The molecule has 3 unspecified atom stereocenters. The fourth-order valence-corrected chi connectivity index (χ4v) is 9.25. The van der Waals surface area contributed by atoms with Crippen LogP contribution in [0.4, 0.5) is 0 Å². The average molecular weight is 771 g/mol. The average Bonchev–Trinajstić information content (AvgIpc) is 3.58. The van der Waals surface area contributed by atoms with Gasteiger partial charge in [0.2, 0.25) is 11.8 Å². The van der Waals surface area contributed by atoms with Crippen LogP contribution in [0.25, 0.3) is 0 Å². The molecule has 0 spiro atoms. The van der Waals surface area contributed by atoms with Gasteiger partial charge in [0.25, 0.3) is 0 Å². The first-order valence-electron chi connectivity index (χ1n) is 14.2. The maximum Gasteiger partial charge on any atom is 0.680 e. The van der Waals surface area contributed by atoms with Crippen molar-refractivity contribution in [2.45, 2.75) is 57.1 Å². The number of amides is 2. The topological polar surface area (TPSA) is 325 Å². The number of aliphatic hydroxyl groups is 2. The van der Waals surface area contributed by atoms with E-state index in [0.717, 1.165) is 0 Å². The molecule has 0 bridgehead atoms. The zero-order valence-electron chi connectivity index (χ0n) is 25.5. The van der Waals surface area contributed by atoms with E-state index in [1.165, 1.54) is 19.2 Å². The standard InChI is InChI=1S/C21H38N7O16P3S/c1-21(2,16(31)19(32)24-4-3-12(29)23-5-6-48)8-40-47(37,38)44-43-45(33,34)42-15-11(7-39-46(44,35)36)41-20(14(15)30)28-10-27-13-17(22)25-9-26-18(13)28/h6,11,14-16,18,20,25-27,30-31H,3-5,7-10,22H2,1-2H3,(H4-,23,24,29,32,33,34,35,36,37,38)/p+1/t11-,14-,15-,16+,18+,20-/m1/s1. The largest absolute Gasteiger partial charge is 0.680 e. The Bertz CT molecular complexity index is 1420. The molecular weight excluding hydrogens is 731 g/mol. The summed E-state index contributed by atoms with van der Waals surface area (Å²) in [4.78, 5) is 57.3. The first-order valence-corrected chi connectivity index (χ1v) is 19.1. The number of aliphatic hydroxyl groups excluding tert-OH is 2. The monoisotopic (exact) mass is 770 g/mol. The van der Waals surface area contributed by atoms with Crippen molar-refractivity contribution in [3.8, 4) is 0 Å². The van der Waals surface area contributed by atoms with Gasteiger partial charge in [0.1, 0.15) is 42.6 Å². The summed E-state index contributed by atoms with van der Waals surface area (Å²) in [5.41, 5.74) is 4.81. The summed E-state index contributed by atoms with van der Waals surface area (Å²) in [6.07, 6.45) is -8.77. The minimum Gasteiger partial charge on any atom is -0.386 e. The van der Waals surface area contributed by atoms with Gasteiger partial charge < -0.3 is 42.0 Å². The molecule has 9 atom stereocenters.